The lowest BCUT2D eigenvalue weighted by atomic mass is 10.0. The van der Waals surface area contributed by atoms with E-state index in [9.17, 15) is 0 Å². The Morgan fingerprint density at radius 1 is 1.21 bits per heavy atom. The molecule has 0 aliphatic carbocycles. The second-order valence-electron chi connectivity index (χ2n) is 3.94. The zero-order valence-electron chi connectivity index (χ0n) is 10.0. The Bertz CT molecular complexity index is 585. The molecule has 2 aromatic rings. The van der Waals surface area contributed by atoms with Gasteiger partial charge in [-0.2, -0.15) is 0 Å². The third-order valence-electron chi connectivity index (χ3n) is 2.68. The molecule has 1 atom stereocenters. The maximum atomic E-state index is 6.38. The van der Waals surface area contributed by atoms with Crippen molar-refractivity contribution in [3.63, 3.8) is 0 Å². The molecule has 19 heavy (non-hydrogen) atoms. The average Bonchev–Trinajstić information content (AvgIpc) is 2.66. The molecule has 102 valence electrons. The molecular formula is C13H11Br3ClNS. The van der Waals surface area contributed by atoms with Crippen molar-refractivity contribution in [1.82, 2.24) is 5.32 Å². The van der Waals surface area contributed by atoms with Crippen LogP contribution in [0, 0.1) is 0 Å². The zero-order chi connectivity index (χ0) is 14.0. The van der Waals surface area contributed by atoms with E-state index in [4.69, 9.17) is 11.6 Å². The number of rotatable bonds is 4. The molecule has 0 aliphatic heterocycles. The molecule has 1 aromatic heterocycles. The zero-order valence-corrected chi connectivity index (χ0v) is 16.3. The fourth-order valence-electron chi connectivity index (χ4n) is 1.88. The molecule has 1 nitrogen and oxygen atoms in total. The molecular weight excluding hydrogens is 477 g/mol. The van der Waals surface area contributed by atoms with Crippen LogP contribution in [0.1, 0.15) is 24.1 Å². The molecule has 0 saturated carbocycles. The topological polar surface area (TPSA) is 12.0 Å². The van der Waals surface area contributed by atoms with E-state index in [2.05, 4.69) is 72.2 Å². The molecule has 0 amide bonds. The monoisotopic (exact) mass is 485 g/mol. The van der Waals surface area contributed by atoms with Crippen molar-refractivity contribution in [1.29, 1.82) is 0 Å². The van der Waals surface area contributed by atoms with Gasteiger partial charge in [0.2, 0.25) is 0 Å². The van der Waals surface area contributed by atoms with E-state index >= 15 is 0 Å². The van der Waals surface area contributed by atoms with Crippen molar-refractivity contribution in [3.8, 4) is 0 Å². The van der Waals surface area contributed by atoms with Crippen molar-refractivity contribution >= 4 is 70.7 Å². The lowest BCUT2D eigenvalue weighted by molar-refractivity contribution is 0.630. The Labute approximate surface area is 147 Å². The Hall–Kier alpha value is 0.610. The first-order valence-electron chi connectivity index (χ1n) is 5.66. The Morgan fingerprint density at radius 3 is 2.47 bits per heavy atom. The summed E-state index contributed by atoms with van der Waals surface area (Å²) in [6.45, 7) is 2.96. The minimum absolute atomic E-state index is 0.0857. The van der Waals surface area contributed by atoms with Crippen LogP contribution in [-0.2, 0) is 0 Å². The lowest BCUT2D eigenvalue weighted by Gasteiger charge is -2.19. The normalized spacial score (nSPS) is 12.7. The number of halogens is 4. The minimum Gasteiger partial charge on any atom is -0.306 e. The number of hydrogen-bond donors (Lipinski definition) is 1. The van der Waals surface area contributed by atoms with Gasteiger partial charge < -0.3 is 5.32 Å². The largest absolute Gasteiger partial charge is 0.306 e. The average molecular weight is 488 g/mol. The van der Waals surface area contributed by atoms with Crippen molar-refractivity contribution in [3.05, 3.63) is 52.5 Å². The quantitative estimate of drug-likeness (QED) is 0.526. The van der Waals surface area contributed by atoms with Crippen molar-refractivity contribution in [2.75, 3.05) is 6.54 Å². The Balaban J connectivity index is 2.48. The summed E-state index contributed by atoms with van der Waals surface area (Å²) in [5.74, 6) is 0. The van der Waals surface area contributed by atoms with E-state index in [0.29, 0.717) is 0 Å². The lowest BCUT2D eigenvalue weighted by Crippen LogP contribution is -2.22. The predicted octanol–water partition coefficient (Wildman–Crippen LogP) is 6.39. The van der Waals surface area contributed by atoms with Crippen LogP contribution in [0.5, 0.6) is 0 Å². The van der Waals surface area contributed by atoms with Gasteiger partial charge in [-0.05, 0) is 67.7 Å². The van der Waals surface area contributed by atoms with Crippen LogP contribution < -0.4 is 5.32 Å². The molecule has 1 unspecified atom stereocenters. The van der Waals surface area contributed by atoms with Gasteiger partial charge in [-0.15, -0.1) is 11.3 Å². The van der Waals surface area contributed by atoms with Crippen molar-refractivity contribution < 1.29 is 0 Å². The van der Waals surface area contributed by atoms with Gasteiger partial charge in [-0.25, -0.2) is 0 Å². The van der Waals surface area contributed by atoms with Crippen LogP contribution in [-0.4, -0.2) is 6.54 Å². The maximum absolute atomic E-state index is 6.38. The molecule has 0 fully saturated rings. The second kappa shape index (κ2) is 7.05. The van der Waals surface area contributed by atoms with Gasteiger partial charge >= 0.3 is 0 Å². The summed E-state index contributed by atoms with van der Waals surface area (Å²) in [5, 5.41) is 4.24. The first-order valence-corrected chi connectivity index (χ1v) is 9.23. The van der Waals surface area contributed by atoms with Crippen LogP contribution in [0.4, 0.5) is 0 Å². The van der Waals surface area contributed by atoms with Gasteiger partial charge in [-0.3, -0.25) is 0 Å². The van der Waals surface area contributed by atoms with E-state index in [0.717, 1.165) is 29.2 Å². The van der Waals surface area contributed by atoms with E-state index in [1.54, 1.807) is 11.3 Å². The minimum atomic E-state index is 0.0857. The van der Waals surface area contributed by atoms with Gasteiger partial charge in [0.15, 0.2) is 0 Å². The van der Waals surface area contributed by atoms with Gasteiger partial charge in [0.1, 0.15) is 0 Å². The number of thiophene rings is 1. The van der Waals surface area contributed by atoms with E-state index in [1.165, 1.54) is 5.56 Å². The molecule has 0 bridgehead atoms. The fourth-order valence-corrected chi connectivity index (χ4v) is 5.56. The first-order chi connectivity index (χ1) is 9.02. The summed E-state index contributed by atoms with van der Waals surface area (Å²) in [4.78, 5) is 0. The van der Waals surface area contributed by atoms with Gasteiger partial charge in [0.05, 0.1) is 13.6 Å². The SMILES string of the molecule is CCNC(c1ccc(Br)cc1Cl)c1cc(Br)sc1Br. The van der Waals surface area contributed by atoms with Crippen molar-refractivity contribution in [2.45, 2.75) is 13.0 Å². The molecule has 1 aromatic carbocycles. The summed E-state index contributed by atoms with van der Waals surface area (Å²) >= 11 is 18.6. The first kappa shape index (κ1) is 16.0. The Morgan fingerprint density at radius 2 is 1.95 bits per heavy atom. The third-order valence-corrected chi connectivity index (χ3v) is 5.88. The standard InChI is InChI=1S/C13H11Br3ClNS/c1-2-18-12(9-6-11(15)19-13(9)16)8-4-3-7(14)5-10(8)17/h3-6,12,18H,2H2,1H3. The molecule has 0 spiro atoms. The highest BCUT2D eigenvalue weighted by Gasteiger charge is 2.20. The highest BCUT2D eigenvalue weighted by Crippen LogP contribution is 2.39. The number of nitrogens with one attached hydrogen (secondary N) is 1. The smallest absolute Gasteiger partial charge is 0.0761 e. The highest BCUT2D eigenvalue weighted by atomic mass is 79.9. The van der Waals surface area contributed by atoms with Crippen LogP contribution in [0.15, 0.2) is 36.3 Å². The predicted molar refractivity (Wildman–Crippen MR) is 94.4 cm³/mol. The van der Waals surface area contributed by atoms with Gasteiger partial charge in [0.25, 0.3) is 0 Å². The number of benzene rings is 1. The Kier molecular flexibility index (Phi) is 5.93. The summed E-state index contributed by atoms with van der Waals surface area (Å²) in [6.07, 6.45) is 0. The fraction of sp³-hybridized carbons (Fsp3) is 0.231. The summed E-state index contributed by atoms with van der Waals surface area (Å²) in [7, 11) is 0. The van der Waals surface area contributed by atoms with Crippen molar-refractivity contribution in [2.24, 2.45) is 0 Å². The second-order valence-corrected chi connectivity index (χ2v) is 9.01. The third kappa shape index (κ3) is 3.83. The van der Waals surface area contributed by atoms with Crippen LogP contribution in [0.2, 0.25) is 5.02 Å². The summed E-state index contributed by atoms with van der Waals surface area (Å²) in [6, 6.07) is 8.21. The molecule has 2 rings (SSSR count). The summed E-state index contributed by atoms with van der Waals surface area (Å²) < 4.78 is 3.21. The van der Waals surface area contributed by atoms with Gasteiger partial charge in [-0.1, -0.05) is 40.5 Å². The summed E-state index contributed by atoms with van der Waals surface area (Å²) in [5.41, 5.74) is 2.28. The van der Waals surface area contributed by atoms with Crippen LogP contribution in [0.3, 0.4) is 0 Å². The van der Waals surface area contributed by atoms with E-state index in [-0.39, 0.29) is 6.04 Å². The molecule has 0 saturated heterocycles. The van der Waals surface area contributed by atoms with Crippen LogP contribution >= 0.6 is 70.7 Å². The van der Waals surface area contributed by atoms with Gasteiger partial charge in [0, 0.05) is 9.50 Å². The molecule has 1 heterocycles. The maximum Gasteiger partial charge on any atom is 0.0761 e. The number of hydrogen-bond acceptors (Lipinski definition) is 2. The molecule has 0 radical (unpaired) electrons. The van der Waals surface area contributed by atoms with Crippen LogP contribution in [0.25, 0.3) is 0 Å². The molecule has 0 aliphatic rings. The molecule has 6 heteroatoms. The van der Waals surface area contributed by atoms with E-state index in [1.807, 2.05) is 12.1 Å². The van der Waals surface area contributed by atoms with E-state index < -0.39 is 0 Å². The molecule has 1 N–H and O–H groups in total. The highest BCUT2D eigenvalue weighted by molar-refractivity contribution is 9.12.